The van der Waals surface area contributed by atoms with Gasteiger partial charge < -0.3 is 18.9 Å². The van der Waals surface area contributed by atoms with Crippen molar-refractivity contribution in [2.24, 2.45) is 4.99 Å². The molecule has 2 heterocycles. The molecule has 4 aromatic rings. The highest BCUT2D eigenvalue weighted by atomic mass is 79.9. The van der Waals surface area contributed by atoms with E-state index in [-0.39, 0.29) is 23.8 Å². The SMILES string of the molecule is CCOC(=O)C1=C(C)N=c2s/c(=C\c3cc(Cl)c(OCc4ccc(Br)cc4)c(Br)c3)c(=O)n2[C@@H]1c1ccc(OC(C)C)c(OC)c1. The van der Waals surface area contributed by atoms with E-state index in [4.69, 9.17) is 30.5 Å². The first-order valence-electron chi connectivity index (χ1n) is 14.4. The minimum Gasteiger partial charge on any atom is -0.493 e. The molecule has 12 heteroatoms. The molecular weight excluding hydrogens is 760 g/mol. The fourth-order valence-corrected chi connectivity index (χ4v) is 7.30. The molecule has 0 saturated carbocycles. The van der Waals surface area contributed by atoms with Gasteiger partial charge in [0, 0.05) is 4.47 Å². The van der Waals surface area contributed by atoms with Crippen LogP contribution in [0.1, 0.15) is 50.4 Å². The predicted octanol–water partition coefficient (Wildman–Crippen LogP) is 7.35. The van der Waals surface area contributed by atoms with Crippen molar-refractivity contribution in [2.45, 2.75) is 46.4 Å². The third-order valence-corrected chi connectivity index (χ3v) is 9.38. The van der Waals surface area contributed by atoms with E-state index in [1.165, 1.54) is 15.9 Å². The first-order valence-corrected chi connectivity index (χ1v) is 17.2. The number of hydrogen-bond acceptors (Lipinski definition) is 8. The van der Waals surface area contributed by atoms with Gasteiger partial charge in [0.15, 0.2) is 22.0 Å². The van der Waals surface area contributed by atoms with Crippen molar-refractivity contribution in [3.63, 3.8) is 0 Å². The molecule has 1 atom stereocenters. The smallest absolute Gasteiger partial charge is 0.338 e. The lowest BCUT2D eigenvalue weighted by molar-refractivity contribution is -0.139. The molecule has 0 amide bonds. The van der Waals surface area contributed by atoms with Crippen molar-refractivity contribution in [1.82, 2.24) is 4.57 Å². The summed E-state index contributed by atoms with van der Waals surface area (Å²) in [5, 5.41) is 0.389. The maximum absolute atomic E-state index is 14.1. The molecule has 5 rings (SSSR count). The van der Waals surface area contributed by atoms with Crippen LogP contribution in [0.3, 0.4) is 0 Å². The summed E-state index contributed by atoms with van der Waals surface area (Å²) < 4.78 is 26.5. The van der Waals surface area contributed by atoms with Gasteiger partial charge in [-0.3, -0.25) is 9.36 Å². The van der Waals surface area contributed by atoms with Crippen LogP contribution in [0.5, 0.6) is 17.2 Å². The van der Waals surface area contributed by atoms with Crippen molar-refractivity contribution in [3.05, 3.63) is 116 Å². The second-order valence-electron chi connectivity index (χ2n) is 10.6. The lowest BCUT2D eigenvalue weighted by Gasteiger charge is -2.25. The number of halogens is 3. The Hall–Kier alpha value is -3.38. The molecule has 8 nitrogen and oxygen atoms in total. The van der Waals surface area contributed by atoms with Crippen LogP contribution in [-0.4, -0.2) is 30.4 Å². The molecule has 0 unspecified atom stereocenters. The molecule has 1 aliphatic heterocycles. The first kappa shape index (κ1) is 34.0. The number of carbonyl (C=O) groups excluding carboxylic acids is 1. The molecule has 46 heavy (non-hydrogen) atoms. The number of fused-ring (bicyclic) bond motifs is 1. The van der Waals surface area contributed by atoms with Gasteiger partial charge in [-0.1, -0.05) is 57.1 Å². The van der Waals surface area contributed by atoms with Crippen LogP contribution in [0.15, 0.2) is 84.6 Å². The van der Waals surface area contributed by atoms with Gasteiger partial charge in [0.25, 0.3) is 5.56 Å². The molecule has 0 saturated heterocycles. The zero-order valence-corrected chi connectivity index (χ0v) is 30.5. The van der Waals surface area contributed by atoms with Crippen LogP contribution in [0.4, 0.5) is 0 Å². The Balaban J connectivity index is 1.57. The van der Waals surface area contributed by atoms with E-state index < -0.39 is 12.0 Å². The second-order valence-corrected chi connectivity index (χ2v) is 13.8. The van der Waals surface area contributed by atoms with Crippen LogP contribution in [-0.2, 0) is 16.1 Å². The summed E-state index contributed by atoms with van der Waals surface area (Å²) in [4.78, 5) is 32.5. The molecule has 0 fully saturated rings. The van der Waals surface area contributed by atoms with Crippen LogP contribution >= 0.6 is 54.8 Å². The van der Waals surface area contributed by atoms with Gasteiger partial charge in [0.1, 0.15) is 6.61 Å². The van der Waals surface area contributed by atoms with Crippen LogP contribution in [0.2, 0.25) is 5.02 Å². The number of rotatable bonds is 10. The third-order valence-electron chi connectivity index (χ3n) is 7.00. The van der Waals surface area contributed by atoms with Gasteiger partial charge >= 0.3 is 5.97 Å². The first-order chi connectivity index (χ1) is 22.0. The number of ether oxygens (including phenoxy) is 4. The summed E-state index contributed by atoms with van der Waals surface area (Å²) in [6.45, 7) is 7.84. The topological polar surface area (TPSA) is 88.4 Å². The van der Waals surface area contributed by atoms with Gasteiger partial charge in [-0.15, -0.1) is 0 Å². The van der Waals surface area contributed by atoms with Crippen molar-refractivity contribution >= 4 is 66.8 Å². The van der Waals surface area contributed by atoms with Crippen molar-refractivity contribution in [3.8, 4) is 17.2 Å². The van der Waals surface area contributed by atoms with Crippen molar-refractivity contribution < 1.29 is 23.7 Å². The molecule has 1 aromatic heterocycles. The summed E-state index contributed by atoms with van der Waals surface area (Å²) in [6, 6.07) is 16.0. The van der Waals surface area contributed by atoms with Gasteiger partial charge in [-0.05, 0) is 103 Å². The molecule has 3 aromatic carbocycles. The number of aromatic nitrogens is 1. The average molecular weight is 791 g/mol. The number of hydrogen-bond donors (Lipinski definition) is 0. The van der Waals surface area contributed by atoms with E-state index in [1.54, 1.807) is 45.2 Å². The third kappa shape index (κ3) is 7.27. The highest BCUT2D eigenvalue weighted by Crippen LogP contribution is 2.37. The highest BCUT2D eigenvalue weighted by molar-refractivity contribution is 9.10. The van der Waals surface area contributed by atoms with Gasteiger partial charge in [0.05, 0.1) is 51.2 Å². The minimum absolute atomic E-state index is 0.0738. The number of esters is 1. The van der Waals surface area contributed by atoms with E-state index in [0.29, 0.717) is 59.5 Å². The molecular formula is C34H31Br2ClN2O6S. The number of thiazole rings is 1. The van der Waals surface area contributed by atoms with Crippen LogP contribution in [0, 0.1) is 0 Å². The zero-order valence-electron chi connectivity index (χ0n) is 25.7. The predicted molar refractivity (Wildman–Crippen MR) is 187 cm³/mol. The van der Waals surface area contributed by atoms with Gasteiger partial charge in [-0.2, -0.15) is 0 Å². The van der Waals surface area contributed by atoms with E-state index in [9.17, 15) is 9.59 Å². The Morgan fingerprint density at radius 3 is 2.50 bits per heavy atom. The quantitative estimate of drug-likeness (QED) is 0.156. The maximum atomic E-state index is 14.1. The number of methoxy groups -OCH3 is 1. The summed E-state index contributed by atoms with van der Waals surface area (Å²) in [5.41, 5.74) is 2.76. The molecule has 0 radical (unpaired) electrons. The van der Waals surface area contributed by atoms with E-state index in [2.05, 4.69) is 36.9 Å². The number of nitrogens with zero attached hydrogens (tertiary/aromatic N) is 2. The Kier molecular flexibility index (Phi) is 10.8. The van der Waals surface area contributed by atoms with E-state index in [0.717, 1.165) is 10.0 Å². The molecule has 0 bridgehead atoms. The van der Waals surface area contributed by atoms with E-state index in [1.807, 2.05) is 50.2 Å². The number of benzene rings is 3. The normalized spacial score (nSPS) is 14.6. The molecule has 0 spiro atoms. The van der Waals surface area contributed by atoms with Crippen LogP contribution < -0.4 is 29.1 Å². The minimum atomic E-state index is -0.802. The van der Waals surface area contributed by atoms with Gasteiger partial charge in [-0.25, -0.2) is 9.79 Å². The van der Waals surface area contributed by atoms with Crippen LogP contribution in [0.25, 0.3) is 6.08 Å². The monoisotopic (exact) mass is 788 g/mol. The fourth-order valence-electron chi connectivity index (χ4n) is 5.00. The Morgan fingerprint density at radius 2 is 1.85 bits per heavy atom. The molecule has 0 aliphatic carbocycles. The van der Waals surface area contributed by atoms with E-state index >= 15 is 0 Å². The lowest BCUT2D eigenvalue weighted by atomic mass is 9.95. The second kappa shape index (κ2) is 14.6. The Labute approximate surface area is 292 Å². The highest BCUT2D eigenvalue weighted by Gasteiger charge is 2.34. The number of carbonyl (C=O) groups is 1. The van der Waals surface area contributed by atoms with Crippen molar-refractivity contribution in [2.75, 3.05) is 13.7 Å². The van der Waals surface area contributed by atoms with Crippen molar-refractivity contribution in [1.29, 1.82) is 0 Å². The standard InChI is InChI=1S/C34H31Br2ClN2O6S/c1-6-43-33(41)29-19(4)38-34-39(30(29)22-9-12-26(45-18(2)3)27(16-22)42-5)32(40)28(46-34)15-21-13-24(36)31(25(37)14-21)44-17-20-7-10-23(35)11-8-20/h7-16,18,30H,6,17H2,1-5H3/b28-15-/t30-/m1/s1. The summed E-state index contributed by atoms with van der Waals surface area (Å²) >= 11 is 14.9. The number of allylic oxidation sites excluding steroid dienone is 1. The Morgan fingerprint density at radius 1 is 1.11 bits per heavy atom. The molecule has 1 aliphatic rings. The fraction of sp³-hybridized carbons (Fsp3) is 0.265. The molecule has 240 valence electrons. The summed E-state index contributed by atoms with van der Waals surface area (Å²) in [6.07, 6.45) is 1.68. The largest absolute Gasteiger partial charge is 0.493 e. The molecule has 0 N–H and O–H groups in total. The van der Waals surface area contributed by atoms with Gasteiger partial charge in [0.2, 0.25) is 0 Å². The zero-order chi connectivity index (χ0) is 33.1. The Bertz CT molecular complexity index is 1980. The summed E-state index contributed by atoms with van der Waals surface area (Å²) in [5.74, 6) is 0.988. The lowest BCUT2D eigenvalue weighted by Crippen LogP contribution is -2.40. The summed E-state index contributed by atoms with van der Waals surface area (Å²) in [7, 11) is 1.55. The maximum Gasteiger partial charge on any atom is 0.338 e. The average Bonchev–Trinajstić information content (AvgIpc) is 3.30.